The van der Waals surface area contributed by atoms with E-state index in [9.17, 15) is 9.59 Å². The number of aromatic amines is 1. The van der Waals surface area contributed by atoms with Crippen LogP contribution in [-0.2, 0) is 11.2 Å². The van der Waals surface area contributed by atoms with Crippen LogP contribution in [0.1, 0.15) is 34.3 Å². The number of pyridine rings is 1. The second-order valence-electron chi connectivity index (χ2n) is 8.63. The average molecular weight is 525 g/mol. The molecule has 0 unspecified atom stereocenters. The number of nitrogens with one attached hydrogen (secondary N) is 2. The van der Waals surface area contributed by atoms with E-state index in [2.05, 4.69) is 30.9 Å². The molecule has 10 heteroatoms. The van der Waals surface area contributed by atoms with Gasteiger partial charge < -0.3 is 9.72 Å². The number of fused-ring (bicyclic) bond motifs is 2. The molecule has 4 heterocycles. The van der Waals surface area contributed by atoms with E-state index in [4.69, 9.17) is 10.1 Å². The fourth-order valence-corrected chi connectivity index (χ4v) is 5.24. The van der Waals surface area contributed by atoms with Crippen molar-refractivity contribution >= 4 is 44.5 Å². The van der Waals surface area contributed by atoms with Gasteiger partial charge in [-0.1, -0.05) is 0 Å². The van der Waals surface area contributed by atoms with E-state index < -0.39 is 5.56 Å². The van der Waals surface area contributed by atoms with Crippen LogP contribution >= 0.6 is 15.9 Å². The van der Waals surface area contributed by atoms with Crippen LogP contribution in [0, 0.1) is 18.3 Å². The largest absolute Gasteiger partial charge is 0.381 e. The normalized spacial score (nSPS) is 16.8. The number of anilines is 1. The molecule has 0 saturated carbocycles. The Morgan fingerprint density at radius 1 is 1.29 bits per heavy atom. The molecule has 1 fully saturated rings. The zero-order chi connectivity index (χ0) is 24.0. The summed E-state index contributed by atoms with van der Waals surface area (Å²) in [5.41, 5.74) is 2.70. The number of ether oxygens (including phenoxy) is 1. The number of carbonyl (C=O) groups excluding carboxylic acids is 1. The molecule has 5 rings (SSSR count). The summed E-state index contributed by atoms with van der Waals surface area (Å²) >= 11 is 3.44. The summed E-state index contributed by atoms with van der Waals surface area (Å²) < 4.78 is 7.97. The standard InChI is InChI=1S/C24H25BrN6O3/c1-13-9-18-19(11-17(13)24(33)30-6-3-15-10-16(25)12-28-22(15)30)31(20(26)23(32)29-18)21(27-2)14-4-7-34-8-5-14/h9-12,14,26H,3-8H2,1-2H3,(H,29,32)/b26-20?,27-21-. The van der Waals surface area contributed by atoms with Crippen molar-refractivity contribution in [1.82, 2.24) is 14.5 Å². The summed E-state index contributed by atoms with van der Waals surface area (Å²) in [6.07, 6.45) is 3.95. The lowest BCUT2D eigenvalue weighted by Gasteiger charge is -2.26. The molecular weight excluding hydrogens is 500 g/mol. The number of benzene rings is 1. The molecule has 0 aliphatic carbocycles. The topological polar surface area (TPSA) is 116 Å². The van der Waals surface area contributed by atoms with Crippen molar-refractivity contribution in [3.63, 3.8) is 0 Å². The molecule has 9 nitrogen and oxygen atoms in total. The molecule has 176 valence electrons. The number of rotatable bonds is 2. The first-order valence-corrected chi connectivity index (χ1v) is 12.0. The number of halogens is 1. The smallest absolute Gasteiger partial charge is 0.291 e. The van der Waals surface area contributed by atoms with Gasteiger partial charge in [0.15, 0.2) is 5.49 Å². The Bertz CT molecular complexity index is 1450. The van der Waals surface area contributed by atoms with E-state index in [-0.39, 0.29) is 17.3 Å². The monoisotopic (exact) mass is 524 g/mol. The Morgan fingerprint density at radius 3 is 2.79 bits per heavy atom. The Labute approximate surface area is 204 Å². The van der Waals surface area contributed by atoms with Gasteiger partial charge >= 0.3 is 0 Å². The van der Waals surface area contributed by atoms with Crippen molar-refractivity contribution in [3.05, 3.63) is 61.4 Å². The van der Waals surface area contributed by atoms with Crippen LogP contribution in [-0.4, -0.2) is 53.1 Å². The zero-order valence-corrected chi connectivity index (χ0v) is 20.6. The molecular formula is C24H25BrN6O3. The highest BCUT2D eigenvalue weighted by Crippen LogP contribution is 2.30. The van der Waals surface area contributed by atoms with Gasteiger partial charge in [-0.25, -0.2) is 4.98 Å². The molecule has 0 radical (unpaired) electrons. The summed E-state index contributed by atoms with van der Waals surface area (Å²) in [4.78, 5) is 39.7. The first-order valence-electron chi connectivity index (χ1n) is 11.2. The summed E-state index contributed by atoms with van der Waals surface area (Å²) in [7, 11) is 1.68. The Kier molecular flexibility index (Phi) is 5.95. The van der Waals surface area contributed by atoms with Gasteiger partial charge in [-0.2, -0.15) is 0 Å². The lowest BCUT2D eigenvalue weighted by atomic mass is 9.98. The van der Waals surface area contributed by atoms with Gasteiger partial charge in [0.05, 0.1) is 11.0 Å². The van der Waals surface area contributed by atoms with E-state index in [1.165, 1.54) is 0 Å². The fraction of sp³-hybridized carbons (Fsp3) is 0.375. The highest BCUT2D eigenvalue weighted by Gasteiger charge is 2.29. The van der Waals surface area contributed by atoms with E-state index in [1.54, 1.807) is 34.8 Å². The van der Waals surface area contributed by atoms with Gasteiger partial charge in [0.2, 0.25) is 0 Å². The van der Waals surface area contributed by atoms with Gasteiger partial charge in [0.25, 0.3) is 11.5 Å². The Balaban J connectivity index is 1.66. The minimum Gasteiger partial charge on any atom is -0.381 e. The van der Waals surface area contributed by atoms with Crippen LogP contribution < -0.4 is 15.9 Å². The number of hydrogen-bond donors (Lipinski definition) is 2. The number of carbonyl (C=O) groups is 1. The maximum absolute atomic E-state index is 13.7. The second-order valence-corrected chi connectivity index (χ2v) is 9.55. The minimum absolute atomic E-state index is 0.0615. The lowest BCUT2D eigenvalue weighted by Crippen LogP contribution is -2.43. The van der Waals surface area contributed by atoms with Crippen LogP contribution in [0.25, 0.3) is 11.0 Å². The van der Waals surface area contributed by atoms with Gasteiger partial charge in [0, 0.05) is 49.0 Å². The van der Waals surface area contributed by atoms with Gasteiger partial charge in [-0.3, -0.25) is 29.5 Å². The maximum Gasteiger partial charge on any atom is 0.291 e. The van der Waals surface area contributed by atoms with Crippen molar-refractivity contribution in [1.29, 1.82) is 5.41 Å². The number of H-pyrrole nitrogens is 1. The van der Waals surface area contributed by atoms with Crippen molar-refractivity contribution in [2.75, 3.05) is 31.7 Å². The number of aliphatic imine (C=N–C) groups is 1. The molecule has 1 amide bonds. The fourth-order valence-electron chi connectivity index (χ4n) is 4.86. The van der Waals surface area contributed by atoms with Crippen molar-refractivity contribution in [2.24, 2.45) is 10.9 Å². The minimum atomic E-state index is -0.498. The highest BCUT2D eigenvalue weighted by atomic mass is 79.9. The molecule has 3 aromatic rings. The van der Waals surface area contributed by atoms with Gasteiger partial charge in [-0.05, 0) is 71.4 Å². The van der Waals surface area contributed by atoms with Crippen molar-refractivity contribution in [3.8, 4) is 0 Å². The summed E-state index contributed by atoms with van der Waals surface area (Å²) in [6.45, 7) is 3.62. The number of amides is 1. The molecule has 0 bridgehead atoms. The van der Waals surface area contributed by atoms with E-state index in [0.29, 0.717) is 48.0 Å². The quantitative estimate of drug-likeness (QED) is 0.395. The summed E-state index contributed by atoms with van der Waals surface area (Å²) in [5, 5.41) is 8.54. The number of aromatic nitrogens is 3. The average Bonchev–Trinajstić information content (AvgIpc) is 3.25. The zero-order valence-electron chi connectivity index (χ0n) is 19.0. The van der Waals surface area contributed by atoms with Crippen LogP contribution in [0.3, 0.4) is 0 Å². The maximum atomic E-state index is 13.7. The SMILES string of the molecule is C/N=C(/C1CCOCC1)n1c(=N)c(=O)[nH]c2cc(C)c(C(=O)N3CCc4cc(Br)cnc43)cc21. The van der Waals surface area contributed by atoms with E-state index in [0.717, 1.165) is 34.9 Å². The molecule has 1 aromatic carbocycles. The van der Waals surface area contributed by atoms with Crippen LogP contribution in [0.2, 0.25) is 0 Å². The number of nitrogens with zero attached hydrogens (tertiary/aromatic N) is 4. The molecule has 34 heavy (non-hydrogen) atoms. The van der Waals surface area contributed by atoms with Crippen LogP contribution in [0.4, 0.5) is 5.82 Å². The molecule has 2 aromatic heterocycles. The second kappa shape index (κ2) is 8.92. The highest BCUT2D eigenvalue weighted by molar-refractivity contribution is 9.10. The third kappa shape index (κ3) is 3.80. The molecule has 1 saturated heterocycles. The van der Waals surface area contributed by atoms with Crippen LogP contribution in [0.5, 0.6) is 0 Å². The van der Waals surface area contributed by atoms with Crippen LogP contribution in [0.15, 0.2) is 38.7 Å². The molecule has 2 aliphatic rings. The van der Waals surface area contributed by atoms with Gasteiger partial charge in [-0.15, -0.1) is 0 Å². The molecule has 2 aliphatic heterocycles. The predicted molar refractivity (Wildman–Crippen MR) is 133 cm³/mol. The first kappa shape index (κ1) is 22.7. The third-order valence-electron chi connectivity index (χ3n) is 6.56. The van der Waals surface area contributed by atoms with Crippen molar-refractivity contribution in [2.45, 2.75) is 26.2 Å². The van der Waals surface area contributed by atoms with E-state index >= 15 is 0 Å². The van der Waals surface area contributed by atoms with E-state index in [1.807, 2.05) is 13.0 Å². The Morgan fingerprint density at radius 2 is 2.06 bits per heavy atom. The lowest BCUT2D eigenvalue weighted by molar-refractivity contribution is 0.0821. The summed E-state index contributed by atoms with van der Waals surface area (Å²) in [5.74, 6) is 1.22. The Hall–Kier alpha value is -3.11. The molecule has 0 spiro atoms. The molecule has 0 atom stereocenters. The van der Waals surface area contributed by atoms with Gasteiger partial charge in [0.1, 0.15) is 11.7 Å². The number of hydrogen-bond acceptors (Lipinski definition) is 6. The molecule has 2 N–H and O–H groups in total. The van der Waals surface area contributed by atoms with Crippen molar-refractivity contribution < 1.29 is 9.53 Å². The summed E-state index contributed by atoms with van der Waals surface area (Å²) in [6, 6.07) is 5.55. The third-order valence-corrected chi connectivity index (χ3v) is 6.99. The number of aryl methyl sites for hydroxylation is 1. The first-order chi connectivity index (χ1) is 16.4. The predicted octanol–water partition coefficient (Wildman–Crippen LogP) is 2.78.